The van der Waals surface area contributed by atoms with E-state index in [2.05, 4.69) is 90.1 Å². The van der Waals surface area contributed by atoms with E-state index in [0.29, 0.717) is 18.4 Å². The first-order valence-corrected chi connectivity index (χ1v) is 18.1. The smallest absolute Gasteiger partial charge is 0.310 e. The molecule has 2 aromatic rings. The third-order valence-corrected chi connectivity index (χ3v) is 15.7. The Morgan fingerprint density at radius 3 is 2.37 bits per heavy atom. The van der Waals surface area contributed by atoms with Crippen LogP contribution < -0.4 is 0 Å². The SMILES string of the molecule is CC1(C)CC[C@]2(C(=O)O)CC[C@]3(C)C(=CC[C@@H]4[C@@]5(C)C[C@@H](O)[C@@H]6OC(c7cccc8ccccc78)OC[C@@]6(C)[C@@H]5CC[C@]43C)[C@@H]2C1. The minimum Gasteiger partial charge on any atom is -0.481 e. The molecule has 0 amide bonds. The second-order valence-corrected chi connectivity index (χ2v) is 18.2. The molecule has 8 rings (SSSR count). The maximum Gasteiger partial charge on any atom is 0.310 e. The molecular weight excluding hydrogens is 572 g/mol. The zero-order valence-corrected chi connectivity index (χ0v) is 28.8. The van der Waals surface area contributed by atoms with Gasteiger partial charge in [-0.2, -0.15) is 0 Å². The largest absolute Gasteiger partial charge is 0.481 e. The highest BCUT2D eigenvalue weighted by atomic mass is 16.7. The maximum atomic E-state index is 13.0. The van der Waals surface area contributed by atoms with E-state index in [0.717, 1.165) is 68.7 Å². The lowest BCUT2D eigenvalue weighted by Crippen LogP contribution is -2.69. The fourth-order valence-corrected chi connectivity index (χ4v) is 13.0. The van der Waals surface area contributed by atoms with E-state index in [1.54, 1.807) is 0 Å². The number of carboxylic acids is 1. The number of aliphatic hydroxyl groups excluding tert-OH is 1. The van der Waals surface area contributed by atoms with E-state index >= 15 is 0 Å². The molecule has 0 spiro atoms. The number of rotatable bonds is 2. The van der Waals surface area contributed by atoms with Crippen molar-refractivity contribution >= 4 is 16.7 Å². The van der Waals surface area contributed by atoms with Crippen LogP contribution in [-0.4, -0.2) is 35.0 Å². The number of aliphatic carboxylic acids is 1. The van der Waals surface area contributed by atoms with Crippen LogP contribution >= 0.6 is 0 Å². The molecule has 11 atom stereocenters. The highest BCUT2D eigenvalue weighted by Gasteiger charge is 2.71. The molecule has 6 aliphatic rings. The lowest BCUT2D eigenvalue weighted by atomic mass is 9.33. The van der Waals surface area contributed by atoms with Crippen LogP contribution in [0.2, 0.25) is 0 Å². The molecule has 1 heterocycles. The Labute approximate surface area is 275 Å². The highest BCUT2D eigenvalue weighted by Crippen LogP contribution is 2.76. The Kier molecular flexibility index (Phi) is 6.70. The molecule has 0 radical (unpaired) electrons. The Hall–Kier alpha value is -2.21. The van der Waals surface area contributed by atoms with Gasteiger partial charge < -0.3 is 19.7 Å². The van der Waals surface area contributed by atoms with Crippen molar-refractivity contribution < 1.29 is 24.5 Å². The molecule has 0 aromatic heterocycles. The predicted molar refractivity (Wildman–Crippen MR) is 180 cm³/mol. The summed E-state index contributed by atoms with van der Waals surface area (Å²) >= 11 is 0. The van der Waals surface area contributed by atoms with Crippen molar-refractivity contribution in [1.82, 2.24) is 0 Å². The van der Waals surface area contributed by atoms with Crippen LogP contribution in [0.5, 0.6) is 0 Å². The van der Waals surface area contributed by atoms with E-state index in [-0.39, 0.29) is 39.1 Å². The summed E-state index contributed by atoms with van der Waals surface area (Å²) in [6.45, 7) is 15.1. The quantitative estimate of drug-likeness (QED) is 0.325. The van der Waals surface area contributed by atoms with Crippen LogP contribution in [-0.2, 0) is 14.3 Å². The molecule has 46 heavy (non-hydrogen) atoms. The lowest BCUT2D eigenvalue weighted by molar-refractivity contribution is -0.339. The van der Waals surface area contributed by atoms with E-state index in [1.807, 2.05) is 0 Å². The van der Waals surface area contributed by atoms with E-state index in [4.69, 9.17) is 9.47 Å². The van der Waals surface area contributed by atoms with E-state index in [9.17, 15) is 15.0 Å². The number of carboxylic acid groups (broad SMARTS) is 1. The minimum atomic E-state index is -0.621. The monoisotopic (exact) mass is 626 g/mol. The van der Waals surface area contributed by atoms with Gasteiger partial charge in [-0.15, -0.1) is 0 Å². The summed E-state index contributed by atoms with van der Waals surface area (Å²) in [5, 5.41) is 25.1. The summed E-state index contributed by atoms with van der Waals surface area (Å²) in [6.07, 6.45) is 9.53. The van der Waals surface area contributed by atoms with Crippen molar-refractivity contribution in [2.45, 2.75) is 118 Å². The number of allylic oxidation sites excluding steroid dienone is 2. The zero-order chi connectivity index (χ0) is 32.5. The summed E-state index contributed by atoms with van der Waals surface area (Å²) in [5.41, 5.74) is 1.67. The van der Waals surface area contributed by atoms with Gasteiger partial charge in [-0.05, 0) is 108 Å². The summed E-state index contributed by atoms with van der Waals surface area (Å²) in [7, 11) is 0. The third kappa shape index (κ3) is 3.94. The van der Waals surface area contributed by atoms with Gasteiger partial charge in [-0.1, -0.05) is 95.7 Å². The summed E-state index contributed by atoms with van der Waals surface area (Å²) in [6, 6.07) is 14.7. The number of hydrogen-bond donors (Lipinski definition) is 2. The number of hydrogen-bond acceptors (Lipinski definition) is 4. The average Bonchev–Trinajstić information content (AvgIpc) is 3.00. The molecule has 5 fully saturated rings. The first-order valence-electron chi connectivity index (χ1n) is 18.1. The first-order chi connectivity index (χ1) is 21.7. The van der Waals surface area contributed by atoms with Gasteiger partial charge >= 0.3 is 5.97 Å². The lowest BCUT2D eigenvalue weighted by Gasteiger charge is -2.72. The fourth-order valence-electron chi connectivity index (χ4n) is 13.0. The van der Waals surface area contributed by atoms with Gasteiger partial charge in [0, 0.05) is 11.0 Å². The van der Waals surface area contributed by atoms with Crippen molar-refractivity contribution in [2.75, 3.05) is 6.61 Å². The van der Waals surface area contributed by atoms with Gasteiger partial charge in [0.25, 0.3) is 0 Å². The first kappa shape index (κ1) is 31.1. The third-order valence-electron chi connectivity index (χ3n) is 15.7. The van der Waals surface area contributed by atoms with Gasteiger partial charge in [0.05, 0.1) is 24.2 Å². The Morgan fingerprint density at radius 2 is 1.59 bits per heavy atom. The van der Waals surface area contributed by atoms with Gasteiger partial charge in [0.15, 0.2) is 6.29 Å². The van der Waals surface area contributed by atoms with Gasteiger partial charge in [-0.25, -0.2) is 0 Å². The second-order valence-electron chi connectivity index (χ2n) is 18.2. The average molecular weight is 627 g/mol. The van der Waals surface area contributed by atoms with Gasteiger partial charge in [-0.3, -0.25) is 4.79 Å². The Bertz CT molecular complexity index is 1610. The molecule has 5 aliphatic carbocycles. The second kappa shape index (κ2) is 9.92. The van der Waals surface area contributed by atoms with Gasteiger partial charge in [0.2, 0.25) is 0 Å². The minimum absolute atomic E-state index is 0.0390. The normalized spacial score (nSPS) is 47.8. The standard InChI is InChI=1S/C41H54O5/c1-36(2)18-20-41(35(43)44)21-19-39(5)28(29(41)22-36)14-15-32-37(3)23-30(42)33-38(4,31(37)16-17-40(32,39)6)24-45-34(46-33)27-13-9-11-25-10-7-8-12-26(25)27/h7-14,29-34,42H,15-24H2,1-6H3,(H,43,44)/t29-,30+,31+,32+,33-,34?,37-,38-,39+,40+,41-/m0/s1. The predicted octanol–water partition coefficient (Wildman–Crippen LogP) is 9.09. The van der Waals surface area contributed by atoms with Crippen LogP contribution in [0, 0.1) is 50.2 Å². The zero-order valence-electron chi connectivity index (χ0n) is 28.8. The van der Waals surface area contributed by atoms with Crippen molar-refractivity contribution in [3.8, 4) is 0 Å². The number of benzene rings is 2. The number of ether oxygens (including phenoxy) is 2. The molecule has 2 N–H and O–H groups in total. The van der Waals surface area contributed by atoms with Crippen LogP contribution in [0.3, 0.4) is 0 Å². The van der Waals surface area contributed by atoms with E-state index < -0.39 is 23.8 Å². The molecule has 248 valence electrons. The van der Waals surface area contributed by atoms with Crippen molar-refractivity contribution in [3.63, 3.8) is 0 Å². The van der Waals surface area contributed by atoms with E-state index in [1.165, 1.54) is 11.0 Å². The molecule has 5 nitrogen and oxygen atoms in total. The van der Waals surface area contributed by atoms with Crippen LogP contribution in [0.1, 0.15) is 111 Å². The molecule has 2 aromatic carbocycles. The Balaban J connectivity index is 1.13. The van der Waals surface area contributed by atoms with Crippen LogP contribution in [0.4, 0.5) is 0 Å². The van der Waals surface area contributed by atoms with Crippen molar-refractivity contribution in [2.24, 2.45) is 50.2 Å². The van der Waals surface area contributed by atoms with Crippen molar-refractivity contribution in [1.29, 1.82) is 0 Å². The van der Waals surface area contributed by atoms with Crippen molar-refractivity contribution in [3.05, 3.63) is 59.7 Å². The number of aliphatic hydroxyl groups is 1. The summed E-state index contributed by atoms with van der Waals surface area (Å²) < 4.78 is 13.5. The maximum absolute atomic E-state index is 13.0. The van der Waals surface area contributed by atoms with Crippen LogP contribution in [0.25, 0.3) is 10.8 Å². The molecular formula is C41H54O5. The topological polar surface area (TPSA) is 76.0 Å². The molecule has 5 heteroatoms. The summed E-state index contributed by atoms with van der Waals surface area (Å²) in [4.78, 5) is 13.0. The number of carbonyl (C=O) groups is 1. The highest BCUT2D eigenvalue weighted by molar-refractivity contribution is 5.85. The molecule has 0 bridgehead atoms. The Morgan fingerprint density at radius 1 is 0.848 bits per heavy atom. The molecule has 1 aliphatic heterocycles. The molecule has 4 saturated carbocycles. The molecule has 1 unspecified atom stereocenters. The molecule has 1 saturated heterocycles. The number of fused-ring (bicyclic) bond motifs is 10. The van der Waals surface area contributed by atoms with Crippen LogP contribution in [0.15, 0.2) is 54.1 Å². The summed E-state index contributed by atoms with van der Waals surface area (Å²) in [5.74, 6) is 0.312. The fraction of sp³-hybridized carbons (Fsp3) is 0.683. The van der Waals surface area contributed by atoms with Gasteiger partial charge in [0.1, 0.15) is 0 Å².